The van der Waals surface area contributed by atoms with E-state index in [0.717, 1.165) is 22.7 Å². The first-order chi connectivity index (χ1) is 14.7. The van der Waals surface area contributed by atoms with Crippen LogP contribution < -0.4 is 0 Å². The quantitative estimate of drug-likeness (QED) is 0.412. The van der Waals surface area contributed by atoms with Crippen LogP contribution in [0.5, 0.6) is 0 Å². The Bertz CT molecular complexity index is 1240. The van der Waals surface area contributed by atoms with E-state index in [1.807, 2.05) is 6.92 Å². The SMILES string of the molecule is Cc1nc(-c2ccc(C(F)(F)F)cc2)sc1CCc1nc2c(CC(=O)O)cccc2o1. The third kappa shape index (κ3) is 4.61. The fourth-order valence-electron chi connectivity index (χ4n) is 3.27. The van der Waals surface area contributed by atoms with Crippen LogP contribution in [0.2, 0.25) is 0 Å². The molecular weight excluding hydrogens is 429 g/mol. The van der Waals surface area contributed by atoms with E-state index < -0.39 is 17.7 Å². The summed E-state index contributed by atoms with van der Waals surface area (Å²) < 4.78 is 44.0. The maximum atomic E-state index is 12.8. The minimum Gasteiger partial charge on any atom is -0.481 e. The second-order valence-corrected chi connectivity index (χ2v) is 8.13. The molecule has 0 radical (unpaired) electrons. The highest BCUT2D eigenvalue weighted by atomic mass is 32.1. The molecule has 160 valence electrons. The van der Waals surface area contributed by atoms with Crippen molar-refractivity contribution in [2.75, 3.05) is 0 Å². The monoisotopic (exact) mass is 446 g/mol. The summed E-state index contributed by atoms with van der Waals surface area (Å²) in [6, 6.07) is 10.2. The van der Waals surface area contributed by atoms with Gasteiger partial charge in [-0.25, -0.2) is 9.97 Å². The van der Waals surface area contributed by atoms with Crippen molar-refractivity contribution in [1.29, 1.82) is 0 Å². The van der Waals surface area contributed by atoms with E-state index in [1.165, 1.54) is 23.5 Å². The first kappa shape index (κ1) is 21.0. The van der Waals surface area contributed by atoms with Gasteiger partial charge < -0.3 is 9.52 Å². The molecule has 0 saturated carbocycles. The highest BCUT2D eigenvalue weighted by molar-refractivity contribution is 7.15. The number of nitrogens with zero attached hydrogens (tertiary/aromatic N) is 2. The molecule has 0 saturated heterocycles. The predicted octanol–water partition coefficient (Wildman–Crippen LogP) is 5.69. The van der Waals surface area contributed by atoms with Crippen molar-refractivity contribution in [3.05, 3.63) is 70.1 Å². The lowest BCUT2D eigenvalue weighted by atomic mass is 10.1. The van der Waals surface area contributed by atoms with E-state index in [-0.39, 0.29) is 6.42 Å². The number of aryl methyl sites for hydroxylation is 3. The topological polar surface area (TPSA) is 76.2 Å². The third-order valence-corrected chi connectivity index (χ3v) is 6.07. The van der Waals surface area contributed by atoms with E-state index in [1.54, 1.807) is 18.2 Å². The van der Waals surface area contributed by atoms with Gasteiger partial charge in [0.1, 0.15) is 10.5 Å². The summed E-state index contributed by atoms with van der Waals surface area (Å²) in [5.74, 6) is -0.440. The van der Waals surface area contributed by atoms with Crippen LogP contribution >= 0.6 is 11.3 Å². The average Bonchev–Trinajstić information content (AvgIpc) is 3.29. The standard InChI is InChI=1S/C22H17F3N2O3S/c1-12-17(31-21(26-12)13-5-7-15(8-6-13)22(23,24)25)9-10-18-27-20-14(11-19(28)29)3-2-4-16(20)30-18/h2-8H,9-11H2,1H3,(H,28,29). The number of aliphatic carboxylic acids is 1. The number of oxazole rings is 1. The van der Waals surface area contributed by atoms with Crippen molar-refractivity contribution in [2.24, 2.45) is 0 Å². The molecule has 0 aliphatic heterocycles. The van der Waals surface area contributed by atoms with Crippen molar-refractivity contribution in [1.82, 2.24) is 9.97 Å². The van der Waals surface area contributed by atoms with Gasteiger partial charge in [0, 0.05) is 16.9 Å². The number of benzene rings is 2. The molecule has 1 N–H and O–H groups in total. The number of hydrogen-bond acceptors (Lipinski definition) is 5. The summed E-state index contributed by atoms with van der Waals surface area (Å²) in [6.07, 6.45) is -3.40. The molecule has 0 amide bonds. The molecule has 2 heterocycles. The normalized spacial score (nSPS) is 11.9. The molecule has 0 spiro atoms. The van der Waals surface area contributed by atoms with Gasteiger partial charge in [-0.3, -0.25) is 4.79 Å². The molecule has 0 unspecified atom stereocenters. The van der Waals surface area contributed by atoms with Crippen LogP contribution in [-0.4, -0.2) is 21.0 Å². The van der Waals surface area contributed by atoms with E-state index in [4.69, 9.17) is 9.52 Å². The van der Waals surface area contributed by atoms with Gasteiger partial charge in [0.2, 0.25) is 0 Å². The molecule has 0 aliphatic rings. The number of thiazole rings is 1. The van der Waals surface area contributed by atoms with Crippen LogP contribution in [0.1, 0.15) is 27.6 Å². The minimum absolute atomic E-state index is 0.131. The maximum absolute atomic E-state index is 12.8. The van der Waals surface area contributed by atoms with Gasteiger partial charge >= 0.3 is 12.1 Å². The summed E-state index contributed by atoms with van der Waals surface area (Å²) in [5, 5.41) is 9.70. The Hall–Kier alpha value is -3.20. The summed E-state index contributed by atoms with van der Waals surface area (Å²) in [6.45, 7) is 1.86. The van der Waals surface area contributed by atoms with E-state index in [0.29, 0.717) is 46.0 Å². The number of alkyl halides is 3. The number of hydrogen-bond donors (Lipinski definition) is 1. The van der Waals surface area contributed by atoms with Crippen molar-refractivity contribution < 1.29 is 27.5 Å². The molecule has 0 fully saturated rings. The largest absolute Gasteiger partial charge is 0.481 e. The number of carbonyl (C=O) groups is 1. The van der Waals surface area contributed by atoms with Gasteiger partial charge in [0.25, 0.3) is 0 Å². The molecule has 0 atom stereocenters. The number of carboxylic acids is 1. The molecule has 9 heteroatoms. The number of carboxylic acid groups (broad SMARTS) is 1. The van der Waals surface area contributed by atoms with Gasteiger partial charge in [-0.2, -0.15) is 13.2 Å². The zero-order chi connectivity index (χ0) is 22.2. The van der Waals surface area contributed by atoms with Crippen LogP contribution in [0.15, 0.2) is 46.9 Å². The minimum atomic E-state index is -4.37. The fraction of sp³-hybridized carbons (Fsp3) is 0.227. The highest BCUT2D eigenvalue weighted by Gasteiger charge is 2.30. The molecular formula is C22H17F3N2O3S. The maximum Gasteiger partial charge on any atom is 0.416 e. The number of para-hydroxylation sites is 1. The Labute approximate surface area is 179 Å². The Balaban J connectivity index is 1.51. The molecule has 2 aromatic carbocycles. The molecule has 0 aliphatic carbocycles. The molecule has 2 aromatic heterocycles. The van der Waals surface area contributed by atoms with E-state index >= 15 is 0 Å². The summed E-state index contributed by atoms with van der Waals surface area (Å²) in [7, 11) is 0. The zero-order valence-corrected chi connectivity index (χ0v) is 17.2. The highest BCUT2D eigenvalue weighted by Crippen LogP contribution is 2.33. The number of fused-ring (bicyclic) bond motifs is 1. The number of halogens is 3. The van der Waals surface area contributed by atoms with Crippen molar-refractivity contribution >= 4 is 28.4 Å². The molecule has 5 nitrogen and oxygen atoms in total. The Morgan fingerprint density at radius 2 is 1.84 bits per heavy atom. The fourth-order valence-corrected chi connectivity index (χ4v) is 4.34. The Morgan fingerprint density at radius 1 is 1.10 bits per heavy atom. The predicted molar refractivity (Wildman–Crippen MR) is 110 cm³/mol. The summed E-state index contributed by atoms with van der Waals surface area (Å²) in [5.41, 5.74) is 2.43. The number of aromatic nitrogens is 2. The second kappa shape index (κ2) is 8.14. The van der Waals surface area contributed by atoms with Gasteiger partial charge in [-0.1, -0.05) is 24.3 Å². The lowest BCUT2D eigenvalue weighted by Gasteiger charge is -2.06. The van der Waals surface area contributed by atoms with Gasteiger partial charge in [-0.05, 0) is 37.1 Å². The molecule has 0 bridgehead atoms. The summed E-state index contributed by atoms with van der Waals surface area (Å²) >= 11 is 1.42. The lowest BCUT2D eigenvalue weighted by molar-refractivity contribution is -0.138. The lowest BCUT2D eigenvalue weighted by Crippen LogP contribution is -2.03. The van der Waals surface area contributed by atoms with Crippen LogP contribution in [0, 0.1) is 6.92 Å². The van der Waals surface area contributed by atoms with Crippen molar-refractivity contribution in [3.63, 3.8) is 0 Å². The molecule has 4 rings (SSSR count). The number of rotatable bonds is 6. The van der Waals surface area contributed by atoms with Gasteiger partial charge in [0.15, 0.2) is 11.5 Å². The summed E-state index contributed by atoms with van der Waals surface area (Å²) in [4.78, 5) is 21.0. The first-order valence-electron chi connectivity index (χ1n) is 9.44. The van der Waals surface area contributed by atoms with Gasteiger partial charge in [-0.15, -0.1) is 11.3 Å². The van der Waals surface area contributed by atoms with Crippen molar-refractivity contribution in [2.45, 2.75) is 32.4 Å². The second-order valence-electron chi connectivity index (χ2n) is 7.04. The van der Waals surface area contributed by atoms with Crippen LogP contribution in [0.3, 0.4) is 0 Å². The zero-order valence-electron chi connectivity index (χ0n) is 16.4. The van der Waals surface area contributed by atoms with Crippen molar-refractivity contribution in [3.8, 4) is 10.6 Å². The van der Waals surface area contributed by atoms with Gasteiger partial charge in [0.05, 0.1) is 17.7 Å². The van der Waals surface area contributed by atoms with Crippen LogP contribution in [-0.2, 0) is 30.2 Å². The van der Waals surface area contributed by atoms with Crippen LogP contribution in [0.4, 0.5) is 13.2 Å². The third-order valence-electron chi connectivity index (χ3n) is 4.81. The Kier molecular flexibility index (Phi) is 5.53. The molecule has 31 heavy (non-hydrogen) atoms. The van der Waals surface area contributed by atoms with E-state index in [9.17, 15) is 18.0 Å². The molecule has 4 aromatic rings. The van der Waals surface area contributed by atoms with Crippen LogP contribution in [0.25, 0.3) is 21.7 Å². The Morgan fingerprint density at radius 3 is 2.52 bits per heavy atom. The van der Waals surface area contributed by atoms with E-state index in [2.05, 4.69) is 9.97 Å². The smallest absolute Gasteiger partial charge is 0.416 e. The first-order valence-corrected chi connectivity index (χ1v) is 10.3. The average molecular weight is 446 g/mol.